The Bertz CT molecular complexity index is 384. The Kier molecular flexibility index (Phi) is 6.32. The van der Waals surface area contributed by atoms with Crippen molar-refractivity contribution in [2.45, 2.75) is 25.5 Å². The molecule has 0 aliphatic carbocycles. The fourth-order valence-corrected chi connectivity index (χ4v) is 1.52. The van der Waals surface area contributed by atoms with Crippen LogP contribution in [0, 0.1) is 5.82 Å². The number of esters is 1. The Morgan fingerprint density at radius 1 is 1.56 bits per heavy atom. The first kappa shape index (κ1) is 14.6. The Morgan fingerprint density at radius 3 is 3.00 bits per heavy atom. The summed E-state index contributed by atoms with van der Waals surface area (Å²) in [4.78, 5) is 10.9. The summed E-state index contributed by atoms with van der Waals surface area (Å²) in [5, 5.41) is 12.6. The van der Waals surface area contributed by atoms with Crippen molar-refractivity contribution in [3.63, 3.8) is 0 Å². The zero-order valence-electron chi connectivity index (χ0n) is 10.4. The van der Waals surface area contributed by atoms with E-state index in [2.05, 4.69) is 10.1 Å². The molecule has 1 atom stereocenters. The fraction of sp³-hybridized carbons (Fsp3) is 0.462. The summed E-state index contributed by atoms with van der Waals surface area (Å²) in [5.74, 6) is -0.611. The van der Waals surface area contributed by atoms with Crippen molar-refractivity contribution in [2.24, 2.45) is 0 Å². The van der Waals surface area contributed by atoms with Crippen LogP contribution in [0.5, 0.6) is 0 Å². The predicted molar refractivity (Wildman–Crippen MR) is 65.4 cm³/mol. The number of hydrogen-bond donors (Lipinski definition) is 2. The summed E-state index contributed by atoms with van der Waals surface area (Å²) < 4.78 is 17.3. The quantitative estimate of drug-likeness (QED) is 0.719. The van der Waals surface area contributed by atoms with E-state index < -0.39 is 6.10 Å². The van der Waals surface area contributed by atoms with Crippen molar-refractivity contribution in [1.29, 1.82) is 0 Å². The van der Waals surface area contributed by atoms with Gasteiger partial charge in [0.2, 0.25) is 0 Å². The lowest BCUT2D eigenvalue weighted by atomic mass is 10.2. The average molecular weight is 255 g/mol. The van der Waals surface area contributed by atoms with E-state index in [1.54, 1.807) is 12.1 Å². The summed E-state index contributed by atoms with van der Waals surface area (Å²) in [6, 6.07) is 6.26. The first-order chi connectivity index (χ1) is 8.61. The topological polar surface area (TPSA) is 58.6 Å². The number of rotatable bonds is 7. The van der Waals surface area contributed by atoms with Crippen LogP contribution >= 0.6 is 0 Å². The molecule has 100 valence electrons. The molecule has 1 rings (SSSR count). The molecule has 0 saturated carbocycles. The van der Waals surface area contributed by atoms with Crippen molar-refractivity contribution < 1.29 is 19.0 Å². The summed E-state index contributed by atoms with van der Waals surface area (Å²) in [6.45, 7) is 0.834. The molecule has 0 aromatic heterocycles. The van der Waals surface area contributed by atoms with Crippen LogP contribution in [-0.4, -0.2) is 30.8 Å². The first-order valence-electron chi connectivity index (χ1n) is 5.82. The molecule has 5 heteroatoms. The zero-order chi connectivity index (χ0) is 13.4. The van der Waals surface area contributed by atoms with Crippen LogP contribution in [0.25, 0.3) is 0 Å². The third-order valence-electron chi connectivity index (χ3n) is 2.51. The Balaban J connectivity index is 2.19. The smallest absolute Gasteiger partial charge is 0.305 e. The molecule has 0 bridgehead atoms. The minimum absolute atomic E-state index is 0.194. The highest BCUT2D eigenvalue weighted by Gasteiger charge is 2.07. The van der Waals surface area contributed by atoms with Crippen molar-refractivity contribution in [3.8, 4) is 0 Å². The van der Waals surface area contributed by atoms with Gasteiger partial charge in [0.25, 0.3) is 0 Å². The lowest BCUT2D eigenvalue weighted by molar-refractivity contribution is -0.141. The van der Waals surface area contributed by atoms with Gasteiger partial charge in [-0.25, -0.2) is 4.39 Å². The number of aliphatic hydroxyl groups excluding tert-OH is 1. The lowest BCUT2D eigenvalue weighted by Crippen LogP contribution is -2.27. The van der Waals surface area contributed by atoms with Gasteiger partial charge in [-0.15, -0.1) is 0 Å². The standard InChI is InChI=1S/C13H18FNO3/c1-18-13(17)6-5-12(16)9-15-8-10-3-2-4-11(14)7-10/h2-4,7,12,15-16H,5-6,8-9H2,1H3. The lowest BCUT2D eigenvalue weighted by Gasteiger charge is -2.11. The van der Waals surface area contributed by atoms with E-state index in [1.807, 2.05) is 0 Å². The minimum atomic E-state index is -0.613. The Labute approximate surface area is 106 Å². The summed E-state index contributed by atoms with van der Waals surface area (Å²) >= 11 is 0. The van der Waals surface area contributed by atoms with Crippen LogP contribution in [0.3, 0.4) is 0 Å². The van der Waals surface area contributed by atoms with Crippen LogP contribution in [-0.2, 0) is 16.1 Å². The monoisotopic (exact) mass is 255 g/mol. The summed E-state index contributed by atoms with van der Waals surface area (Å²) in [5.41, 5.74) is 0.815. The molecular formula is C13H18FNO3. The molecule has 0 radical (unpaired) electrons. The van der Waals surface area contributed by atoms with Gasteiger partial charge in [-0.3, -0.25) is 4.79 Å². The SMILES string of the molecule is COC(=O)CCC(O)CNCc1cccc(F)c1. The molecule has 0 heterocycles. The minimum Gasteiger partial charge on any atom is -0.469 e. The molecular weight excluding hydrogens is 237 g/mol. The van der Waals surface area contributed by atoms with E-state index in [-0.39, 0.29) is 18.2 Å². The van der Waals surface area contributed by atoms with Crippen molar-refractivity contribution >= 4 is 5.97 Å². The number of nitrogens with one attached hydrogen (secondary N) is 1. The molecule has 0 amide bonds. The molecule has 0 fully saturated rings. The predicted octanol–water partition coefficient (Wildman–Crippen LogP) is 1.23. The van der Waals surface area contributed by atoms with Crippen LogP contribution in [0.2, 0.25) is 0 Å². The van der Waals surface area contributed by atoms with E-state index in [0.717, 1.165) is 5.56 Å². The van der Waals surface area contributed by atoms with Gasteiger partial charge in [0.1, 0.15) is 5.82 Å². The third-order valence-corrected chi connectivity index (χ3v) is 2.51. The number of halogens is 1. The highest BCUT2D eigenvalue weighted by atomic mass is 19.1. The largest absolute Gasteiger partial charge is 0.469 e. The molecule has 0 aliphatic rings. The second-order valence-electron chi connectivity index (χ2n) is 4.03. The van der Waals surface area contributed by atoms with Crippen LogP contribution < -0.4 is 5.32 Å². The second-order valence-corrected chi connectivity index (χ2v) is 4.03. The van der Waals surface area contributed by atoms with Gasteiger partial charge in [0.15, 0.2) is 0 Å². The number of benzene rings is 1. The van der Waals surface area contributed by atoms with Gasteiger partial charge in [-0.1, -0.05) is 12.1 Å². The molecule has 1 aromatic carbocycles. The molecule has 2 N–H and O–H groups in total. The van der Waals surface area contributed by atoms with Gasteiger partial charge in [-0.05, 0) is 24.1 Å². The average Bonchev–Trinajstić information content (AvgIpc) is 2.36. The van der Waals surface area contributed by atoms with Gasteiger partial charge in [0, 0.05) is 19.5 Å². The number of hydrogen-bond acceptors (Lipinski definition) is 4. The first-order valence-corrected chi connectivity index (χ1v) is 5.82. The number of carbonyl (C=O) groups is 1. The van der Waals surface area contributed by atoms with E-state index in [0.29, 0.717) is 19.5 Å². The van der Waals surface area contributed by atoms with Crippen molar-refractivity contribution in [1.82, 2.24) is 5.32 Å². The highest BCUT2D eigenvalue weighted by molar-refractivity contribution is 5.69. The third kappa shape index (κ3) is 5.75. The number of methoxy groups -OCH3 is 1. The molecule has 1 aromatic rings. The molecule has 0 saturated heterocycles. The molecule has 1 unspecified atom stereocenters. The van der Waals surface area contributed by atoms with Gasteiger partial charge in [0.05, 0.1) is 13.2 Å². The van der Waals surface area contributed by atoms with Crippen molar-refractivity contribution in [2.75, 3.05) is 13.7 Å². The molecule has 0 aliphatic heterocycles. The Hall–Kier alpha value is -1.46. The molecule has 18 heavy (non-hydrogen) atoms. The molecule has 0 spiro atoms. The van der Waals surface area contributed by atoms with Crippen LogP contribution in [0.15, 0.2) is 24.3 Å². The van der Waals surface area contributed by atoms with Gasteiger partial charge >= 0.3 is 5.97 Å². The number of ether oxygens (including phenoxy) is 1. The van der Waals surface area contributed by atoms with Gasteiger partial charge in [-0.2, -0.15) is 0 Å². The van der Waals surface area contributed by atoms with Gasteiger partial charge < -0.3 is 15.2 Å². The van der Waals surface area contributed by atoms with Crippen LogP contribution in [0.4, 0.5) is 4.39 Å². The number of carbonyl (C=O) groups excluding carboxylic acids is 1. The second kappa shape index (κ2) is 7.79. The maximum absolute atomic E-state index is 12.9. The van der Waals surface area contributed by atoms with Crippen LogP contribution in [0.1, 0.15) is 18.4 Å². The Morgan fingerprint density at radius 2 is 2.33 bits per heavy atom. The summed E-state index contributed by atoms with van der Waals surface area (Å²) in [6.07, 6.45) is -0.0695. The normalized spacial score (nSPS) is 12.2. The fourth-order valence-electron chi connectivity index (χ4n) is 1.52. The maximum atomic E-state index is 12.9. The van der Waals surface area contributed by atoms with E-state index in [4.69, 9.17) is 0 Å². The summed E-state index contributed by atoms with van der Waals surface area (Å²) in [7, 11) is 1.32. The van der Waals surface area contributed by atoms with E-state index >= 15 is 0 Å². The zero-order valence-corrected chi connectivity index (χ0v) is 10.4. The highest BCUT2D eigenvalue weighted by Crippen LogP contribution is 2.03. The van der Waals surface area contributed by atoms with E-state index in [9.17, 15) is 14.3 Å². The number of aliphatic hydroxyl groups is 1. The van der Waals surface area contributed by atoms with E-state index in [1.165, 1.54) is 19.2 Å². The molecule has 4 nitrogen and oxygen atoms in total. The van der Waals surface area contributed by atoms with Crippen molar-refractivity contribution in [3.05, 3.63) is 35.6 Å². The maximum Gasteiger partial charge on any atom is 0.305 e.